The molecule has 24 heavy (non-hydrogen) atoms. The van der Waals surface area contributed by atoms with E-state index in [1.807, 2.05) is 42.5 Å². The normalized spacial score (nSPS) is 16.0. The van der Waals surface area contributed by atoms with Crippen molar-refractivity contribution in [2.24, 2.45) is 5.92 Å². The van der Waals surface area contributed by atoms with Crippen LogP contribution >= 0.6 is 15.9 Å². The Bertz CT molecular complexity index is 758. The molecule has 0 N–H and O–H groups in total. The molecule has 0 saturated heterocycles. The second-order valence-corrected chi connectivity index (χ2v) is 7.81. The number of rotatable bonds is 6. The van der Waals surface area contributed by atoms with Crippen LogP contribution in [0.5, 0.6) is 11.5 Å². The van der Waals surface area contributed by atoms with Gasteiger partial charge in [0.2, 0.25) is 6.79 Å². The zero-order valence-electron chi connectivity index (χ0n) is 13.4. The van der Waals surface area contributed by atoms with Gasteiger partial charge in [-0.1, -0.05) is 53.2 Å². The smallest absolute Gasteiger partial charge is 0.231 e. The first-order chi connectivity index (χ1) is 11.7. The molecule has 0 amide bonds. The van der Waals surface area contributed by atoms with Crippen molar-refractivity contribution in [2.75, 3.05) is 12.1 Å². The lowest BCUT2D eigenvalue weighted by Crippen LogP contribution is -2.03. The van der Waals surface area contributed by atoms with Crippen molar-refractivity contribution >= 4 is 26.7 Å². The fraction of sp³-hybridized carbons (Fsp3) is 0.263. The number of ether oxygens (including phenoxy) is 2. The minimum absolute atomic E-state index is 0.269. The first kappa shape index (κ1) is 17.2. The Morgan fingerprint density at radius 2 is 1.96 bits per heavy atom. The van der Waals surface area contributed by atoms with Gasteiger partial charge in [-0.15, -0.1) is 0 Å². The fourth-order valence-corrected chi connectivity index (χ4v) is 4.64. The number of halogens is 1. The van der Waals surface area contributed by atoms with Crippen LogP contribution in [0.15, 0.2) is 64.4 Å². The van der Waals surface area contributed by atoms with Crippen LogP contribution in [-0.4, -0.2) is 16.3 Å². The van der Waals surface area contributed by atoms with Gasteiger partial charge in [0, 0.05) is 15.1 Å². The molecule has 1 heterocycles. The standard InChI is InChI=1S/C19H19BrO3S/c1-14(9-15-7-8-18-19(11-15)23-13-22-18)10-17(12-20)24(21)16-5-3-2-4-6-16/h2-8,10-11,14H,9,12-13H2,1H3/b17-10+. The van der Waals surface area contributed by atoms with E-state index >= 15 is 0 Å². The molecule has 0 radical (unpaired) electrons. The zero-order chi connectivity index (χ0) is 16.9. The Hall–Kier alpha value is -1.59. The minimum atomic E-state index is -1.13. The fourth-order valence-electron chi connectivity index (χ4n) is 2.67. The molecule has 2 aromatic carbocycles. The van der Waals surface area contributed by atoms with E-state index in [1.165, 1.54) is 5.56 Å². The third-order valence-corrected chi connectivity index (χ3v) is 6.22. The summed E-state index contributed by atoms with van der Waals surface area (Å²) in [5, 5.41) is 0.597. The number of benzene rings is 2. The van der Waals surface area contributed by atoms with Gasteiger partial charge in [-0.2, -0.15) is 0 Å². The van der Waals surface area contributed by atoms with Crippen molar-refractivity contribution in [3.8, 4) is 11.5 Å². The van der Waals surface area contributed by atoms with E-state index in [0.29, 0.717) is 5.33 Å². The molecule has 3 rings (SSSR count). The van der Waals surface area contributed by atoms with E-state index in [9.17, 15) is 4.21 Å². The largest absolute Gasteiger partial charge is 0.454 e. The highest BCUT2D eigenvalue weighted by Gasteiger charge is 2.15. The average molecular weight is 407 g/mol. The zero-order valence-corrected chi connectivity index (χ0v) is 15.8. The summed E-state index contributed by atoms with van der Waals surface area (Å²) in [6.45, 7) is 2.42. The Labute approximate surface area is 153 Å². The van der Waals surface area contributed by atoms with E-state index in [0.717, 1.165) is 27.7 Å². The Morgan fingerprint density at radius 1 is 1.21 bits per heavy atom. The van der Waals surface area contributed by atoms with Crippen molar-refractivity contribution in [2.45, 2.75) is 18.2 Å². The lowest BCUT2D eigenvalue weighted by atomic mass is 10.0. The average Bonchev–Trinajstić information content (AvgIpc) is 3.07. The van der Waals surface area contributed by atoms with Crippen molar-refractivity contribution < 1.29 is 13.7 Å². The molecule has 0 fully saturated rings. The molecule has 3 nitrogen and oxygen atoms in total. The van der Waals surface area contributed by atoms with Crippen LogP contribution in [0.4, 0.5) is 0 Å². The molecule has 126 valence electrons. The van der Waals surface area contributed by atoms with Gasteiger partial charge in [0.15, 0.2) is 11.5 Å². The summed E-state index contributed by atoms with van der Waals surface area (Å²) in [4.78, 5) is 1.73. The first-order valence-electron chi connectivity index (χ1n) is 7.79. The molecule has 0 aromatic heterocycles. The first-order valence-corrected chi connectivity index (χ1v) is 10.1. The van der Waals surface area contributed by atoms with Crippen molar-refractivity contribution in [3.05, 3.63) is 65.1 Å². The Balaban J connectivity index is 1.72. The number of allylic oxidation sites excluding steroid dienone is 2. The maximum Gasteiger partial charge on any atom is 0.231 e. The van der Waals surface area contributed by atoms with Crippen molar-refractivity contribution in [3.63, 3.8) is 0 Å². The second-order valence-electron chi connectivity index (χ2n) is 5.72. The van der Waals surface area contributed by atoms with E-state index in [4.69, 9.17) is 9.47 Å². The predicted molar refractivity (Wildman–Crippen MR) is 100 cm³/mol. The van der Waals surface area contributed by atoms with Crippen LogP contribution in [0.25, 0.3) is 0 Å². The topological polar surface area (TPSA) is 35.5 Å². The minimum Gasteiger partial charge on any atom is -0.454 e. The number of fused-ring (bicyclic) bond motifs is 1. The van der Waals surface area contributed by atoms with Gasteiger partial charge in [-0.3, -0.25) is 0 Å². The van der Waals surface area contributed by atoms with Gasteiger partial charge in [0.05, 0.1) is 10.8 Å². The number of hydrogen-bond donors (Lipinski definition) is 0. The molecular formula is C19H19BrO3S. The molecule has 2 unspecified atom stereocenters. The van der Waals surface area contributed by atoms with Crippen LogP contribution < -0.4 is 9.47 Å². The maximum atomic E-state index is 12.7. The highest BCUT2D eigenvalue weighted by molar-refractivity contribution is 9.09. The van der Waals surface area contributed by atoms with Gasteiger partial charge < -0.3 is 9.47 Å². The van der Waals surface area contributed by atoms with Crippen LogP contribution in [0, 0.1) is 5.92 Å². The van der Waals surface area contributed by atoms with Crippen LogP contribution in [0.3, 0.4) is 0 Å². The Kier molecular flexibility index (Phi) is 5.74. The van der Waals surface area contributed by atoms with Crippen LogP contribution in [-0.2, 0) is 17.2 Å². The number of hydrogen-bond acceptors (Lipinski definition) is 3. The SMILES string of the molecule is CC(/C=C(\CBr)S(=O)c1ccccc1)Cc1ccc2c(c1)OCO2. The summed E-state index contributed by atoms with van der Waals surface area (Å²) in [6, 6.07) is 15.6. The third-order valence-electron chi connectivity index (χ3n) is 3.79. The van der Waals surface area contributed by atoms with Gasteiger partial charge in [-0.25, -0.2) is 4.21 Å². The molecular weight excluding hydrogens is 388 g/mol. The van der Waals surface area contributed by atoms with Crippen LogP contribution in [0.1, 0.15) is 12.5 Å². The van der Waals surface area contributed by atoms with Crippen molar-refractivity contribution in [1.29, 1.82) is 0 Å². The molecule has 0 bridgehead atoms. The number of alkyl halides is 1. The summed E-state index contributed by atoms with van der Waals surface area (Å²) in [7, 11) is -1.13. The highest BCUT2D eigenvalue weighted by atomic mass is 79.9. The lowest BCUT2D eigenvalue weighted by molar-refractivity contribution is 0.174. The summed E-state index contributed by atoms with van der Waals surface area (Å²) in [6.07, 6.45) is 2.96. The second kappa shape index (κ2) is 7.99. The van der Waals surface area contributed by atoms with Crippen molar-refractivity contribution in [1.82, 2.24) is 0 Å². The monoisotopic (exact) mass is 406 g/mol. The maximum absolute atomic E-state index is 12.7. The molecule has 0 spiro atoms. The van der Waals surface area contributed by atoms with E-state index in [2.05, 4.69) is 35.0 Å². The summed E-state index contributed by atoms with van der Waals surface area (Å²) >= 11 is 3.47. The van der Waals surface area contributed by atoms with E-state index < -0.39 is 10.8 Å². The molecule has 2 atom stereocenters. The quantitative estimate of drug-likeness (QED) is 0.653. The molecule has 2 aromatic rings. The van der Waals surface area contributed by atoms with Gasteiger partial charge in [0.25, 0.3) is 0 Å². The summed E-state index contributed by atoms with van der Waals surface area (Å²) in [5.74, 6) is 1.87. The summed E-state index contributed by atoms with van der Waals surface area (Å²) < 4.78 is 23.5. The van der Waals surface area contributed by atoms with Gasteiger partial charge in [-0.05, 0) is 42.2 Å². The summed E-state index contributed by atoms with van der Waals surface area (Å²) in [5.41, 5.74) is 1.18. The third kappa shape index (κ3) is 4.08. The highest BCUT2D eigenvalue weighted by Crippen LogP contribution is 2.33. The predicted octanol–water partition coefficient (Wildman–Crippen LogP) is 4.68. The lowest BCUT2D eigenvalue weighted by Gasteiger charge is -2.11. The molecule has 5 heteroatoms. The molecule has 1 aliphatic heterocycles. The molecule has 1 aliphatic rings. The van der Waals surface area contributed by atoms with E-state index in [1.54, 1.807) is 0 Å². The van der Waals surface area contributed by atoms with Crippen LogP contribution in [0.2, 0.25) is 0 Å². The molecule has 0 saturated carbocycles. The molecule has 0 aliphatic carbocycles. The van der Waals surface area contributed by atoms with Gasteiger partial charge in [0.1, 0.15) is 0 Å². The van der Waals surface area contributed by atoms with Gasteiger partial charge >= 0.3 is 0 Å². The Morgan fingerprint density at radius 3 is 2.71 bits per heavy atom. The van der Waals surface area contributed by atoms with E-state index in [-0.39, 0.29) is 12.7 Å².